The zero-order valence-electron chi connectivity index (χ0n) is 24.9. The molecule has 0 radical (unpaired) electrons. The molecule has 2 aromatic carbocycles. The zero-order valence-corrected chi connectivity index (χ0v) is 25.7. The Labute approximate surface area is 259 Å². The van der Waals surface area contributed by atoms with E-state index in [1.165, 1.54) is 11.2 Å². The van der Waals surface area contributed by atoms with Gasteiger partial charge < -0.3 is 16.1 Å². The molecule has 2 aliphatic rings. The molecule has 0 saturated heterocycles. The van der Waals surface area contributed by atoms with Gasteiger partial charge in [0.2, 0.25) is 0 Å². The largest absolute Gasteiger partial charge is 0.383 e. The molecule has 3 heterocycles. The first-order chi connectivity index (χ1) is 21.0. The predicted octanol–water partition coefficient (Wildman–Crippen LogP) is 7.03. The van der Waals surface area contributed by atoms with Crippen molar-refractivity contribution in [1.29, 1.82) is 5.26 Å². The van der Waals surface area contributed by atoms with E-state index in [0.717, 1.165) is 22.3 Å². The molecule has 6 rings (SSSR count). The third-order valence-corrected chi connectivity index (χ3v) is 8.48. The minimum Gasteiger partial charge on any atom is -0.383 e. The molecule has 1 atom stereocenters. The van der Waals surface area contributed by atoms with Gasteiger partial charge >= 0.3 is 0 Å². The van der Waals surface area contributed by atoms with Gasteiger partial charge in [-0.15, -0.1) is 5.53 Å². The number of nitriles is 1. The summed E-state index contributed by atoms with van der Waals surface area (Å²) in [5.41, 5.74) is 11.7. The normalized spacial score (nSPS) is 16.4. The van der Waals surface area contributed by atoms with Crippen LogP contribution < -0.4 is 21.6 Å². The first-order valence-electron chi connectivity index (χ1n) is 14.4. The Balaban J connectivity index is 1.45. The lowest BCUT2D eigenvalue weighted by molar-refractivity contribution is 0.00911. The number of hydrogen-bond acceptors (Lipinski definition) is 8. The second-order valence-electron chi connectivity index (χ2n) is 12.6. The highest BCUT2D eigenvalue weighted by Gasteiger charge is 2.56. The molecule has 0 bridgehead atoms. The quantitative estimate of drug-likeness (QED) is 0.136. The van der Waals surface area contributed by atoms with Crippen molar-refractivity contribution in [1.82, 2.24) is 31.2 Å². The lowest BCUT2D eigenvalue weighted by atomic mass is 9.92. The number of benzene rings is 2. The van der Waals surface area contributed by atoms with Gasteiger partial charge in [-0.25, -0.2) is 8.78 Å². The van der Waals surface area contributed by atoms with Crippen molar-refractivity contribution in [3.8, 4) is 17.2 Å². The van der Waals surface area contributed by atoms with Crippen LogP contribution >= 0.6 is 11.6 Å². The number of anilines is 2. The van der Waals surface area contributed by atoms with Gasteiger partial charge in [0.15, 0.2) is 0 Å². The molecule has 12 heteroatoms. The van der Waals surface area contributed by atoms with Crippen LogP contribution in [0.4, 0.5) is 20.2 Å². The Morgan fingerprint density at radius 2 is 2.00 bits per heavy atom. The highest BCUT2D eigenvalue weighted by atomic mass is 35.5. The van der Waals surface area contributed by atoms with Gasteiger partial charge in [-0.1, -0.05) is 50.6 Å². The molecular formula is C32H34ClF2N9. The number of pyridine rings is 1. The lowest BCUT2D eigenvalue weighted by Crippen LogP contribution is -2.48. The fourth-order valence-corrected chi connectivity index (χ4v) is 5.81. The lowest BCUT2D eigenvalue weighted by Gasteiger charge is -2.25. The Morgan fingerprint density at radius 1 is 1.20 bits per heavy atom. The number of hydrazine groups is 2. The molecule has 1 fully saturated rings. The van der Waals surface area contributed by atoms with Gasteiger partial charge in [0.05, 0.1) is 39.7 Å². The maximum absolute atomic E-state index is 14.0. The van der Waals surface area contributed by atoms with Crippen LogP contribution in [-0.2, 0) is 0 Å². The number of alkyl halides is 2. The van der Waals surface area contributed by atoms with E-state index < -0.39 is 18.0 Å². The van der Waals surface area contributed by atoms with Gasteiger partial charge in [-0.3, -0.25) is 15.1 Å². The molecule has 1 aliphatic carbocycles. The van der Waals surface area contributed by atoms with E-state index in [2.05, 4.69) is 63.6 Å². The van der Waals surface area contributed by atoms with Crippen LogP contribution in [0.5, 0.6) is 0 Å². The van der Waals surface area contributed by atoms with Gasteiger partial charge in [0.1, 0.15) is 11.6 Å². The second kappa shape index (κ2) is 11.3. The molecule has 4 aromatic rings. The van der Waals surface area contributed by atoms with Crippen molar-refractivity contribution < 1.29 is 8.78 Å². The number of fused-ring (bicyclic) bond motifs is 1. The number of aromatic nitrogens is 3. The summed E-state index contributed by atoms with van der Waals surface area (Å²) in [6.45, 7) is 8.99. The number of nitrogens with zero attached hydrogens (tertiary/aromatic N) is 4. The minimum atomic E-state index is -2.50. The summed E-state index contributed by atoms with van der Waals surface area (Å²) in [5.74, 6) is 0. The van der Waals surface area contributed by atoms with Gasteiger partial charge in [-0.2, -0.15) is 10.4 Å². The van der Waals surface area contributed by atoms with Crippen LogP contribution in [0, 0.1) is 23.7 Å². The average Bonchev–Trinajstić information content (AvgIpc) is 3.36. The Kier molecular flexibility index (Phi) is 7.59. The zero-order chi connectivity index (χ0) is 31.2. The molecule has 1 aliphatic heterocycles. The van der Waals surface area contributed by atoms with Gasteiger partial charge in [-0.05, 0) is 54.0 Å². The molecule has 0 amide bonds. The van der Waals surface area contributed by atoms with Crippen molar-refractivity contribution in [3.05, 3.63) is 82.5 Å². The van der Waals surface area contributed by atoms with E-state index in [1.54, 1.807) is 18.5 Å². The number of hydrogen-bond donors (Lipinski definition) is 5. The number of halogens is 3. The molecule has 0 spiro atoms. The van der Waals surface area contributed by atoms with Crippen LogP contribution in [-0.4, -0.2) is 38.7 Å². The van der Waals surface area contributed by atoms with E-state index in [4.69, 9.17) is 11.6 Å². The number of nitrogens with one attached hydrogen (secondary N) is 5. The maximum atomic E-state index is 14.0. The van der Waals surface area contributed by atoms with Crippen LogP contribution in [0.15, 0.2) is 60.8 Å². The molecule has 228 valence electrons. The predicted molar refractivity (Wildman–Crippen MR) is 169 cm³/mol. The third kappa shape index (κ3) is 5.51. The van der Waals surface area contributed by atoms with E-state index in [0.29, 0.717) is 57.9 Å². The summed E-state index contributed by atoms with van der Waals surface area (Å²) in [6.07, 6.45) is 5.15. The molecule has 9 nitrogen and oxygen atoms in total. The van der Waals surface area contributed by atoms with Gasteiger partial charge in [0.25, 0.3) is 6.43 Å². The molecule has 1 saturated carbocycles. The number of aromatic amines is 1. The molecule has 5 N–H and O–H groups in total. The monoisotopic (exact) mass is 617 g/mol. The summed E-state index contributed by atoms with van der Waals surface area (Å²) < 4.78 is 28.0. The summed E-state index contributed by atoms with van der Waals surface area (Å²) in [4.78, 5) is 4.48. The SMILES string of the molecule is Cc1c(-c2cn[nH]c2)cccc1[C@H](Nc1cc(Cl)c2ncc(C#N)c(NCC(C)(C)C)c2c1)C1=CN(C2(C(F)F)CC2)NN1. The highest BCUT2D eigenvalue weighted by molar-refractivity contribution is 6.35. The molecule has 2 aromatic heterocycles. The summed E-state index contributed by atoms with van der Waals surface area (Å²) in [5, 5.41) is 26.5. The van der Waals surface area contributed by atoms with Crippen molar-refractivity contribution >= 4 is 33.9 Å². The van der Waals surface area contributed by atoms with E-state index in [-0.39, 0.29) is 5.41 Å². The van der Waals surface area contributed by atoms with Gasteiger partial charge in [0, 0.05) is 41.8 Å². The van der Waals surface area contributed by atoms with E-state index >= 15 is 0 Å². The molecule has 0 unspecified atom stereocenters. The topological polar surface area (TPSA) is 117 Å². The fraction of sp³-hybridized carbons (Fsp3) is 0.344. The first-order valence-corrected chi connectivity index (χ1v) is 14.8. The van der Waals surface area contributed by atoms with Crippen molar-refractivity contribution in [2.24, 2.45) is 5.41 Å². The highest BCUT2D eigenvalue weighted by Crippen LogP contribution is 2.47. The Morgan fingerprint density at radius 3 is 2.66 bits per heavy atom. The molecule has 44 heavy (non-hydrogen) atoms. The van der Waals surface area contributed by atoms with Crippen molar-refractivity contribution in [2.75, 3.05) is 17.2 Å². The standard InChI is InChI=1S/C32H34ClF2N9/c1-18-22(20-14-39-40-15-20)6-5-7-23(18)29(26-16-44(43-42-26)32(8-9-32)30(34)35)41-21-10-24-27(38-17-31(2,3)4)19(12-36)13-37-28(24)25(33)11-21/h5-7,10-11,13-16,29-30,41-43H,8-9,17H2,1-4H3,(H,37,38)(H,39,40)/t29-/m0/s1. The van der Waals surface area contributed by atoms with E-state index in [1.807, 2.05) is 37.4 Å². The molecular weight excluding hydrogens is 584 g/mol. The number of rotatable bonds is 9. The Bertz CT molecular complexity index is 1770. The van der Waals surface area contributed by atoms with Crippen LogP contribution in [0.25, 0.3) is 22.0 Å². The average molecular weight is 618 g/mol. The minimum absolute atomic E-state index is 0.0404. The van der Waals surface area contributed by atoms with Crippen molar-refractivity contribution in [2.45, 2.75) is 58.5 Å². The summed E-state index contributed by atoms with van der Waals surface area (Å²) >= 11 is 6.80. The smallest absolute Gasteiger partial charge is 0.262 e. The fourth-order valence-electron chi connectivity index (χ4n) is 5.55. The second-order valence-corrected chi connectivity index (χ2v) is 13.0. The van der Waals surface area contributed by atoms with Crippen LogP contribution in [0.3, 0.4) is 0 Å². The van der Waals surface area contributed by atoms with Crippen LogP contribution in [0.1, 0.15) is 56.3 Å². The number of H-pyrrole nitrogens is 1. The summed E-state index contributed by atoms with van der Waals surface area (Å²) in [6, 6.07) is 11.5. The van der Waals surface area contributed by atoms with Crippen LogP contribution in [0.2, 0.25) is 5.02 Å². The summed E-state index contributed by atoms with van der Waals surface area (Å²) in [7, 11) is 0. The maximum Gasteiger partial charge on any atom is 0.262 e. The van der Waals surface area contributed by atoms with E-state index in [9.17, 15) is 14.0 Å². The van der Waals surface area contributed by atoms with Crippen molar-refractivity contribution in [3.63, 3.8) is 0 Å². The Hall–Kier alpha value is -4.40. The third-order valence-electron chi connectivity index (χ3n) is 8.20. The first kappa shape index (κ1) is 29.7.